The van der Waals surface area contributed by atoms with Crippen LogP contribution in [0.4, 0.5) is 11.6 Å². The molecule has 0 amide bonds. The number of hydrogen-bond acceptors (Lipinski definition) is 9. The van der Waals surface area contributed by atoms with Crippen LogP contribution in [0.5, 0.6) is 0 Å². The molecule has 2 aliphatic heterocycles. The summed E-state index contributed by atoms with van der Waals surface area (Å²) >= 11 is 0. The lowest BCUT2D eigenvalue weighted by molar-refractivity contribution is 0.0327. The van der Waals surface area contributed by atoms with Gasteiger partial charge in [0.15, 0.2) is 0 Å². The first-order chi connectivity index (χ1) is 18.5. The molecule has 2 aromatic heterocycles. The Morgan fingerprint density at radius 2 is 1.92 bits per heavy atom. The van der Waals surface area contributed by atoms with E-state index in [1.165, 1.54) is 0 Å². The SMILES string of the molecule is N#CCC1(N2CC(c3ccnc(Nc4ccc(-n5cccn5)cc4)n3)=CN2)CCN(S(=O)(=O)C2CC2)CC1. The number of anilines is 2. The maximum Gasteiger partial charge on any atom is 0.227 e. The van der Waals surface area contributed by atoms with Crippen LogP contribution in [0.25, 0.3) is 11.3 Å². The van der Waals surface area contributed by atoms with Crippen LogP contribution >= 0.6 is 0 Å². The van der Waals surface area contributed by atoms with Crippen LogP contribution in [-0.2, 0) is 10.0 Å². The lowest BCUT2D eigenvalue weighted by atomic mass is 9.84. The Bertz CT molecular complexity index is 1470. The van der Waals surface area contributed by atoms with Crippen molar-refractivity contribution in [3.05, 3.63) is 66.9 Å². The number of rotatable bonds is 8. The van der Waals surface area contributed by atoms with Crippen LogP contribution in [0.2, 0.25) is 0 Å². The van der Waals surface area contributed by atoms with E-state index in [4.69, 9.17) is 4.98 Å². The van der Waals surface area contributed by atoms with Crippen molar-refractivity contribution in [2.75, 3.05) is 25.0 Å². The van der Waals surface area contributed by atoms with Crippen LogP contribution in [0, 0.1) is 11.3 Å². The van der Waals surface area contributed by atoms with Crippen molar-refractivity contribution in [2.45, 2.75) is 42.9 Å². The molecule has 6 rings (SSSR count). The Labute approximate surface area is 221 Å². The lowest BCUT2D eigenvalue weighted by Gasteiger charge is -2.45. The van der Waals surface area contributed by atoms with Gasteiger partial charge in [0.1, 0.15) is 0 Å². The molecule has 0 unspecified atom stereocenters. The van der Waals surface area contributed by atoms with E-state index in [-0.39, 0.29) is 5.25 Å². The number of nitrogens with zero attached hydrogens (tertiary/aromatic N) is 7. The third-order valence-corrected chi connectivity index (χ3v) is 9.94. The largest absolute Gasteiger partial charge is 0.325 e. The molecule has 3 aromatic rings. The standard InChI is InChI=1S/C26H29N9O2S/c27-12-9-26(10-16-33(17-11-26)38(36,37)23-6-7-23)35-19-20(18-30-35)24-8-14-28-25(32-24)31-21-2-4-22(5-3-21)34-15-1-13-29-34/h1-5,8,13-15,18,23,30H,6-7,9-11,16-17,19H2,(H,28,31,32). The zero-order valence-electron chi connectivity index (χ0n) is 20.9. The molecule has 1 saturated carbocycles. The summed E-state index contributed by atoms with van der Waals surface area (Å²) in [5.74, 6) is 0.485. The highest BCUT2D eigenvalue weighted by atomic mass is 32.2. The summed E-state index contributed by atoms with van der Waals surface area (Å²) in [7, 11) is -3.21. The fraction of sp³-hybridized carbons (Fsp3) is 0.385. The molecule has 0 bridgehead atoms. The average molecular weight is 532 g/mol. The molecule has 2 N–H and O–H groups in total. The van der Waals surface area contributed by atoms with Crippen molar-refractivity contribution in [1.82, 2.24) is 34.5 Å². The predicted molar refractivity (Wildman–Crippen MR) is 142 cm³/mol. The fourth-order valence-electron chi connectivity index (χ4n) is 5.15. The monoisotopic (exact) mass is 531 g/mol. The highest BCUT2D eigenvalue weighted by Gasteiger charge is 2.47. The van der Waals surface area contributed by atoms with Crippen LogP contribution in [0.3, 0.4) is 0 Å². The van der Waals surface area contributed by atoms with Crippen LogP contribution in [0.15, 0.2) is 61.2 Å². The van der Waals surface area contributed by atoms with Gasteiger partial charge in [0, 0.05) is 55.7 Å². The third-order valence-electron chi connectivity index (χ3n) is 7.54. The van der Waals surface area contributed by atoms with Gasteiger partial charge in [-0.2, -0.15) is 10.4 Å². The summed E-state index contributed by atoms with van der Waals surface area (Å²) in [6.45, 7) is 1.44. The predicted octanol–water partition coefficient (Wildman–Crippen LogP) is 2.81. The summed E-state index contributed by atoms with van der Waals surface area (Å²) in [6, 6.07) is 13.9. The van der Waals surface area contributed by atoms with Gasteiger partial charge < -0.3 is 10.7 Å². The number of nitrogens with one attached hydrogen (secondary N) is 2. The van der Waals surface area contributed by atoms with E-state index in [0.717, 1.165) is 35.5 Å². The molecule has 0 radical (unpaired) electrons. The lowest BCUT2D eigenvalue weighted by Crippen LogP contribution is -2.58. The highest BCUT2D eigenvalue weighted by Crippen LogP contribution is 2.38. The second-order valence-electron chi connectivity index (χ2n) is 9.98. The molecule has 0 atom stereocenters. The van der Waals surface area contributed by atoms with Gasteiger partial charge in [-0.15, -0.1) is 0 Å². The second-order valence-corrected chi connectivity index (χ2v) is 12.2. The van der Waals surface area contributed by atoms with Crippen LogP contribution < -0.4 is 10.7 Å². The van der Waals surface area contributed by atoms with Gasteiger partial charge in [-0.05, 0) is 62.1 Å². The zero-order valence-corrected chi connectivity index (χ0v) is 21.7. The van der Waals surface area contributed by atoms with E-state index < -0.39 is 15.6 Å². The first-order valence-electron chi connectivity index (χ1n) is 12.8. The van der Waals surface area contributed by atoms with E-state index >= 15 is 0 Å². The Morgan fingerprint density at radius 3 is 2.61 bits per heavy atom. The van der Waals surface area contributed by atoms with Gasteiger partial charge in [-0.3, -0.25) is 0 Å². The summed E-state index contributed by atoms with van der Waals surface area (Å²) in [4.78, 5) is 9.09. The number of benzene rings is 1. The molecular weight excluding hydrogens is 502 g/mol. The molecule has 196 valence electrons. The van der Waals surface area contributed by atoms with Crippen molar-refractivity contribution >= 4 is 27.2 Å². The van der Waals surface area contributed by atoms with Crippen LogP contribution in [-0.4, -0.2) is 67.9 Å². The molecule has 1 aromatic carbocycles. The minimum atomic E-state index is -3.21. The van der Waals surface area contributed by atoms with Gasteiger partial charge >= 0.3 is 0 Å². The topological polar surface area (TPSA) is 132 Å². The Morgan fingerprint density at radius 1 is 1.13 bits per heavy atom. The van der Waals surface area contributed by atoms with Gasteiger partial charge in [-0.25, -0.2) is 32.4 Å². The normalized spacial score (nSPS) is 19.9. The molecule has 11 nitrogen and oxygen atoms in total. The molecule has 4 heterocycles. The summed E-state index contributed by atoms with van der Waals surface area (Å²) in [5, 5.41) is 19.0. The molecule has 12 heteroatoms. The van der Waals surface area contributed by atoms with Crippen molar-refractivity contribution in [3.8, 4) is 11.8 Å². The molecular formula is C26H29N9O2S. The molecule has 38 heavy (non-hydrogen) atoms. The zero-order chi connectivity index (χ0) is 26.2. The molecule has 0 spiro atoms. The number of aromatic nitrogens is 4. The molecule has 1 aliphatic carbocycles. The van der Waals surface area contributed by atoms with Crippen molar-refractivity contribution < 1.29 is 8.42 Å². The summed E-state index contributed by atoms with van der Waals surface area (Å²) in [5.41, 5.74) is 6.49. The Balaban J connectivity index is 1.12. The number of nitriles is 1. The number of piperidine rings is 1. The van der Waals surface area contributed by atoms with Gasteiger partial charge in [-0.1, -0.05) is 0 Å². The van der Waals surface area contributed by atoms with E-state index in [1.807, 2.05) is 48.8 Å². The van der Waals surface area contributed by atoms with Gasteiger partial charge in [0.2, 0.25) is 16.0 Å². The average Bonchev–Trinajstić information content (AvgIpc) is 3.44. The summed E-state index contributed by atoms with van der Waals surface area (Å²) < 4.78 is 28.8. The van der Waals surface area contributed by atoms with Crippen molar-refractivity contribution in [3.63, 3.8) is 0 Å². The quantitative estimate of drug-likeness (QED) is 0.450. The minimum Gasteiger partial charge on any atom is -0.325 e. The maximum atomic E-state index is 12.7. The van der Waals surface area contributed by atoms with Gasteiger partial charge in [0.05, 0.1) is 34.7 Å². The molecule has 3 aliphatic rings. The van der Waals surface area contributed by atoms with E-state index in [2.05, 4.69) is 31.9 Å². The Hall–Kier alpha value is -3.79. The molecule has 2 fully saturated rings. The van der Waals surface area contributed by atoms with Crippen molar-refractivity contribution in [2.24, 2.45) is 0 Å². The maximum absolute atomic E-state index is 12.7. The fourth-order valence-corrected chi connectivity index (χ4v) is 6.99. The van der Waals surface area contributed by atoms with E-state index in [9.17, 15) is 13.7 Å². The second kappa shape index (κ2) is 9.83. The van der Waals surface area contributed by atoms with E-state index in [0.29, 0.717) is 44.8 Å². The smallest absolute Gasteiger partial charge is 0.227 e. The molecule has 1 saturated heterocycles. The first-order valence-corrected chi connectivity index (χ1v) is 14.3. The van der Waals surface area contributed by atoms with Crippen molar-refractivity contribution in [1.29, 1.82) is 5.26 Å². The van der Waals surface area contributed by atoms with E-state index in [1.54, 1.807) is 21.4 Å². The summed E-state index contributed by atoms with van der Waals surface area (Å²) in [6.07, 6.45) is 10.3. The number of sulfonamides is 1. The first kappa shape index (κ1) is 24.5. The highest BCUT2D eigenvalue weighted by molar-refractivity contribution is 7.90. The number of hydrogen-bond donors (Lipinski definition) is 2. The van der Waals surface area contributed by atoms with Gasteiger partial charge in [0.25, 0.3) is 0 Å². The third kappa shape index (κ3) is 4.76. The minimum absolute atomic E-state index is 0.209. The number of hydrazine groups is 1. The van der Waals surface area contributed by atoms with Crippen LogP contribution in [0.1, 0.15) is 37.8 Å². The Kier molecular flexibility index (Phi) is 6.35.